The van der Waals surface area contributed by atoms with Gasteiger partial charge in [-0.3, -0.25) is 4.79 Å². The molecule has 0 saturated carbocycles. The quantitative estimate of drug-likeness (QED) is 0.611. The Hall–Kier alpha value is -2.15. The number of benzene rings is 1. The zero-order valence-corrected chi connectivity index (χ0v) is 19.0. The number of carbonyl (C=O) groups is 1. The van der Waals surface area contributed by atoms with Gasteiger partial charge in [-0.15, -0.1) is 0 Å². The van der Waals surface area contributed by atoms with Crippen molar-refractivity contribution in [2.24, 2.45) is 11.8 Å². The molecule has 0 aliphatic carbocycles. The van der Waals surface area contributed by atoms with E-state index in [1.807, 2.05) is 18.2 Å². The summed E-state index contributed by atoms with van der Waals surface area (Å²) in [5.41, 5.74) is 2.85. The fraction of sp³-hybridized carbons (Fsp3) is 0.500. The van der Waals surface area contributed by atoms with Gasteiger partial charge in [-0.1, -0.05) is 23.7 Å². The van der Waals surface area contributed by atoms with Crippen LogP contribution in [0.5, 0.6) is 0 Å². The number of nitrogens with one attached hydrogen (secondary N) is 3. The Morgan fingerprint density at radius 3 is 2.97 bits per heavy atom. The molecule has 2 fully saturated rings. The number of amides is 1. The molecule has 2 aliphatic rings. The normalized spacial score (nSPS) is 22.8. The van der Waals surface area contributed by atoms with Crippen LogP contribution in [0.3, 0.4) is 0 Å². The van der Waals surface area contributed by atoms with Crippen LogP contribution in [0.2, 0.25) is 5.02 Å². The first-order valence-corrected chi connectivity index (χ1v) is 11.4. The Kier molecular flexibility index (Phi) is 6.80. The van der Waals surface area contributed by atoms with Crippen molar-refractivity contribution in [3.8, 4) is 11.1 Å². The SMILES string of the molecule is CC1(C)CC(CNc2cccc(-c3cc(NC(=O)C4CCNC4)ncc3Cl)c2)CCO1. The molecule has 3 heterocycles. The van der Waals surface area contributed by atoms with Crippen LogP contribution in [0.15, 0.2) is 36.5 Å². The van der Waals surface area contributed by atoms with Crippen LogP contribution in [0.25, 0.3) is 11.1 Å². The summed E-state index contributed by atoms with van der Waals surface area (Å²) in [6.07, 6.45) is 4.58. The second-order valence-electron chi connectivity index (χ2n) is 9.16. The zero-order chi connectivity index (χ0) is 21.8. The van der Waals surface area contributed by atoms with Gasteiger partial charge < -0.3 is 20.7 Å². The standard InChI is InChI=1S/C24H31ClN4O2/c1-24(2)12-16(7-9-31-24)13-27-19-5-3-4-17(10-19)20-11-22(28-15-21(20)25)29-23(30)18-6-8-26-14-18/h3-5,10-11,15-16,18,26-27H,6-9,12-14H2,1-2H3,(H,28,29,30). The number of carbonyl (C=O) groups excluding carboxylic acids is 1. The van der Waals surface area contributed by atoms with E-state index in [1.165, 1.54) is 0 Å². The lowest BCUT2D eigenvalue weighted by atomic mass is 9.88. The summed E-state index contributed by atoms with van der Waals surface area (Å²) in [6, 6.07) is 10.1. The Labute approximate surface area is 189 Å². The van der Waals surface area contributed by atoms with Gasteiger partial charge >= 0.3 is 0 Å². The van der Waals surface area contributed by atoms with Crippen molar-refractivity contribution in [2.45, 2.75) is 38.7 Å². The van der Waals surface area contributed by atoms with E-state index in [9.17, 15) is 4.79 Å². The zero-order valence-electron chi connectivity index (χ0n) is 18.2. The number of hydrogen-bond acceptors (Lipinski definition) is 5. The van der Waals surface area contributed by atoms with Gasteiger partial charge in [0.25, 0.3) is 0 Å². The van der Waals surface area contributed by atoms with Gasteiger partial charge in [-0.2, -0.15) is 0 Å². The van der Waals surface area contributed by atoms with E-state index in [0.29, 0.717) is 23.3 Å². The van der Waals surface area contributed by atoms with Crippen molar-refractivity contribution in [3.63, 3.8) is 0 Å². The van der Waals surface area contributed by atoms with E-state index in [1.54, 1.807) is 6.20 Å². The van der Waals surface area contributed by atoms with Crippen molar-refractivity contribution in [3.05, 3.63) is 41.6 Å². The Balaban J connectivity index is 1.44. The molecule has 166 valence electrons. The molecule has 7 heteroatoms. The monoisotopic (exact) mass is 442 g/mol. The average molecular weight is 443 g/mol. The molecule has 2 atom stereocenters. The highest BCUT2D eigenvalue weighted by atomic mass is 35.5. The topological polar surface area (TPSA) is 75.3 Å². The molecule has 4 rings (SSSR count). The molecule has 0 bridgehead atoms. The Morgan fingerprint density at radius 1 is 1.32 bits per heavy atom. The Bertz CT molecular complexity index is 928. The highest BCUT2D eigenvalue weighted by Gasteiger charge is 2.28. The van der Waals surface area contributed by atoms with E-state index in [4.69, 9.17) is 16.3 Å². The molecular weight excluding hydrogens is 412 g/mol. The van der Waals surface area contributed by atoms with Crippen LogP contribution in [0, 0.1) is 11.8 Å². The summed E-state index contributed by atoms with van der Waals surface area (Å²) in [5, 5.41) is 10.3. The second-order valence-corrected chi connectivity index (χ2v) is 9.56. The average Bonchev–Trinajstić information content (AvgIpc) is 3.28. The van der Waals surface area contributed by atoms with Crippen molar-refractivity contribution in [2.75, 3.05) is 36.9 Å². The third-order valence-electron chi connectivity index (χ3n) is 6.11. The molecule has 2 saturated heterocycles. The summed E-state index contributed by atoms with van der Waals surface area (Å²) >= 11 is 6.46. The molecule has 1 aromatic heterocycles. The van der Waals surface area contributed by atoms with Crippen LogP contribution in [0.4, 0.5) is 11.5 Å². The van der Waals surface area contributed by atoms with Crippen molar-refractivity contribution in [1.29, 1.82) is 0 Å². The third-order valence-corrected chi connectivity index (χ3v) is 6.41. The molecule has 2 aliphatic heterocycles. The van der Waals surface area contributed by atoms with Gasteiger partial charge in [-0.05, 0) is 69.3 Å². The molecule has 0 spiro atoms. The maximum absolute atomic E-state index is 12.4. The fourth-order valence-electron chi connectivity index (χ4n) is 4.43. The predicted molar refractivity (Wildman–Crippen MR) is 126 cm³/mol. The van der Waals surface area contributed by atoms with Gasteiger partial charge in [0.05, 0.1) is 16.5 Å². The highest BCUT2D eigenvalue weighted by Crippen LogP contribution is 2.32. The van der Waals surface area contributed by atoms with E-state index < -0.39 is 0 Å². The molecule has 2 unspecified atom stereocenters. The first kappa shape index (κ1) is 22.1. The maximum atomic E-state index is 12.4. The minimum atomic E-state index is -0.0492. The number of hydrogen-bond donors (Lipinski definition) is 3. The summed E-state index contributed by atoms with van der Waals surface area (Å²) in [5.74, 6) is 1.10. The van der Waals surface area contributed by atoms with E-state index in [2.05, 4.69) is 46.9 Å². The Morgan fingerprint density at radius 2 is 2.19 bits per heavy atom. The smallest absolute Gasteiger partial charge is 0.229 e. The lowest BCUT2D eigenvalue weighted by Gasteiger charge is -2.35. The molecule has 1 aromatic carbocycles. The van der Waals surface area contributed by atoms with Crippen molar-refractivity contribution >= 4 is 29.0 Å². The maximum Gasteiger partial charge on any atom is 0.229 e. The minimum Gasteiger partial charge on any atom is -0.385 e. The number of ether oxygens (including phenoxy) is 1. The van der Waals surface area contributed by atoms with E-state index >= 15 is 0 Å². The van der Waals surface area contributed by atoms with Crippen LogP contribution in [0.1, 0.15) is 33.1 Å². The molecule has 0 radical (unpaired) electrons. The number of aromatic nitrogens is 1. The fourth-order valence-corrected chi connectivity index (χ4v) is 4.64. The second kappa shape index (κ2) is 9.55. The van der Waals surface area contributed by atoms with E-state index in [-0.39, 0.29) is 17.4 Å². The summed E-state index contributed by atoms with van der Waals surface area (Å²) < 4.78 is 5.83. The molecule has 3 N–H and O–H groups in total. The van der Waals surface area contributed by atoms with Gasteiger partial charge in [0, 0.05) is 37.1 Å². The van der Waals surface area contributed by atoms with Gasteiger partial charge in [0.15, 0.2) is 0 Å². The molecule has 1 amide bonds. The first-order chi connectivity index (χ1) is 14.9. The summed E-state index contributed by atoms with van der Waals surface area (Å²) in [6.45, 7) is 7.64. The van der Waals surface area contributed by atoms with Crippen molar-refractivity contribution in [1.82, 2.24) is 10.3 Å². The van der Waals surface area contributed by atoms with Crippen LogP contribution in [-0.2, 0) is 9.53 Å². The highest BCUT2D eigenvalue weighted by molar-refractivity contribution is 6.33. The number of halogens is 1. The minimum absolute atomic E-state index is 0.000533. The van der Waals surface area contributed by atoms with E-state index in [0.717, 1.165) is 55.8 Å². The number of pyridine rings is 1. The third kappa shape index (κ3) is 5.76. The largest absolute Gasteiger partial charge is 0.385 e. The molecular formula is C24H31ClN4O2. The predicted octanol–water partition coefficient (Wildman–Crippen LogP) is 4.57. The van der Waals surface area contributed by atoms with Crippen LogP contribution < -0.4 is 16.0 Å². The first-order valence-electron chi connectivity index (χ1n) is 11.0. The van der Waals surface area contributed by atoms with Gasteiger partial charge in [0.2, 0.25) is 5.91 Å². The van der Waals surface area contributed by atoms with Gasteiger partial charge in [-0.25, -0.2) is 4.98 Å². The lowest BCUT2D eigenvalue weighted by Crippen LogP contribution is -2.36. The van der Waals surface area contributed by atoms with Crippen molar-refractivity contribution < 1.29 is 9.53 Å². The molecule has 31 heavy (non-hydrogen) atoms. The van der Waals surface area contributed by atoms with Crippen LogP contribution in [-0.4, -0.2) is 42.7 Å². The number of anilines is 2. The number of rotatable bonds is 6. The number of nitrogens with zero attached hydrogens (tertiary/aromatic N) is 1. The van der Waals surface area contributed by atoms with Gasteiger partial charge in [0.1, 0.15) is 5.82 Å². The lowest BCUT2D eigenvalue weighted by molar-refractivity contribution is -0.119. The summed E-state index contributed by atoms with van der Waals surface area (Å²) in [7, 11) is 0. The molecule has 2 aromatic rings. The summed E-state index contributed by atoms with van der Waals surface area (Å²) in [4.78, 5) is 16.7. The molecule has 6 nitrogen and oxygen atoms in total. The van der Waals surface area contributed by atoms with Crippen LogP contribution >= 0.6 is 11.6 Å².